The molecule has 0 saturated carbocycles. The van der Waals surface area contributed by atoms with E-state index in [2.05, 4.69) is 39.8 Å². The Morgan fingerprint density at radius 1 is 0.941 bits per heavy atom. The van der Waals surface area contributed by atoms with E-state index in [1.807, 2.05) is 30.8 Å². The Morgan fingerprint density at radius 2 is 1.53 bits per heavy atom. The zero-order chi connectivity index (χ0) is 12.3. The van der Waals surface area contributed by atoms with E-state index in [9.17, 15) is 0 Å². The molecule has 0 bridgehead atoms. The summed E-state index contributed by atoms with van der Waals surface area (Å²) < 4.78 is 0. The van der Waals surface area contributed by atoms with Gasteiger partial charge in [0.05, 0.1) is 0 Å². The molecular weight excluding hydrogens is 212 g/mol. The fourth-order valence-corrected chi connectivity index (χ4v) is 1.48. The van der Waals surface area contributed by atoms with Crippen LogP contribution in [0.15, 0.2) is 34.5 Å². The van der Waals surface area contributed by atoms with Crippen molar-refractivity contribution in [2.45, 2.75) is 20.3 Å². The van der Waals surface area contributed by atoms with Crippen LogP contribution in [0.1, 0.15) is 20.3 Å². The smallest absolute Gasteiger partial charge is 0.109 e. The van der Waals surface area contributed by atoms with E-state index in [0.717, 1.165) is 26.4 Å². The first-order valence-corrected chi connectivity index (χ1v) is 6.18. The molecule has 0 aromatic rings. The molecule has 0 aromatic carbocycles. The topological polar surface area (TPSA) is 31.2 Å². The summed E-state index contributed by atoms with van der Waals surface area (Å²) in [6.45, 7) is 8.12. The fourth-order valence-electron chi connectivity index (χ4n) is 1.48. The quantitative estimate of drug-likeness (QED) is 0.749. The maximum atomic E-state index is 4.09. The van der Waals surface area contributed by atoms with Crippen LogP contribution in [0.4, 0.5) is 0 Å². The van der Waals surface area contributed by atoms with Crippen molar-refractivity contribution in [1.29, 1.82) is 0 Å². The maximum absolute atomic E-state index is 4.09. The predicted molar refractivity (Wildman–Crippen MR) is 74.4 cm³/mol. The molecule has 0 saturated heterocycles. The normalized spacial score (nSPS) is 17.1. The van der Waals surface area contributed by atoms with Gasteiger partial charge in [0.25, 0.3) is 0 Å². The Bertz CT molecular complexity index is 305. The van der Waals surface area contributed by atoms with Crippen molar-refractivity contribution in [2.75, 3.05) is 26.4 Å². The van der Waals surface area contributed by atoms with Crippen LogP contribution in [-0.2, 0) is 0 Å². The Morgan fingerprint density at radius 3 is 1.88 bits per heavy atom. The van der Waals surface area contributed by atoms with E-state index in [4.69, 9.17) is 0 Å². The van der Waals surface area contributed by atoms with E-state index in [1.54, 1.807) is 0 Å². The van der Waals surface area contributed by atoms with Crippen LogP contribution < -0.4 is 0 Å². The van der Waals surface area contributed by atoms with Gasteiger partial charge in [-0.25, -0.2) is 0 Å². The molecule has 4 heteroatoms. The molecule has 0 amide bonds. The van der Waals surface area contributed by atoms with Crippen LogP contribution in [0.25, 0.3) is 0 Å². The summed E-state index contributed by atoms with van der Waals surface area (Å²) in [7, 11) is 0. The van der Waals surface area contributed by atoms with E-state index < -0.39 is 0 Å². The highest BCUT2D eigenvalue weighted by molar-refractivity contribution is 5.71. The molecule has 0 unspecified atom stereocenters. The third-order valence-electron chi connectivity index (χ3n) is 2.42. The van der Waals surface area contributed by atoms with Crippen molar-refractivity contribution < 1.29 is 0 Å². The van der Waals surface area contributed by atoms with Crippen LogP contribution in [0, 0.1) is 0 Å². The van der Waals surface area contributed by atoms with Crippen molar-refractivity contribution in [3.05, 3.63) is 24.6 Å². The first-order chi connectivity index (χ1) is 8.36. The molecule has 2 rings (SSSR count). The van der Waals surface area contributed by atoms with Crippen molar-refractivity contribution >= 4 is 12.4 Å². The molecule has 2 aliphatic rings. The van der Waals surface area contributed by atoms with Gasteiger partial charge in [-0.15, -0.1) is 0 Å². The molecule has 4 nitrogen and oxygen atoms in total. The zero-order valence-electron chi connectivity index (χ0n) is 10.8. The lowest BCUT2D eigenvalue weighted by Crippen LogP contribution is -2.19. The van der Waals surface area contributed by atoms with Crippen LogP contribution in [0.3, 0.4) is 0 Å². The average molecular weight is 234 g/mol. The van der Waals surface area contributed by atoms with Crippen molar-refractivity contribution in [3.63, 3.8) is 0 Å². The van der Waals surface area contributed by atoms with Gasteiger partial charge in [-0.05, 0) is 25.5 Å². The summed E-state index contributed by atoms with van der Waals surface area (Å²) in [6, 6.07) is 0. The Balaban J connectivity index is 0.000000171. The highest BCUT2D eigenvalue weighted by Crippen LogP contribution is 1.95. The zero-order valence-corrected chi connectivity index (χ0v) is 10.8. The second kappa shape index (κ2) is 8.56. The molecule has 0 atom stereocenters. The minimum Gasteiger partial charge on any atom is -0.359 e. The third-order valence-corrected chi connectivity index (χ3v) is 2.42. The molecule has 17 heavy (non-hydrogen) atoms. The second-order valence-corrected chi connectivity index (χ2v) is 3.85. The highest BCUT2D eigenvalue weighted by atomic mass is 15.2. The van der Waals surface area contributed by atoms with Gasteiger partial charge in [-0.2, -0.15) is 0 Å². The first kappa shape index (κ1) is 13.5. The van der Waals surface area contributed by atoms with Crippen molar-refractivity contribution in [2.24, 2.45) is 9.98 Å². The average Bonchev–Trinajstić information content (AvgIpc) is 2.42. The number of rotatable bonds is 3. The molecule has 0 N–H and O–H groups in total. The maximum Gasteiger partial charge on any atom is 0.109 e. The van der Waals surface area contributed by atoms with Gasteiger partial charge >= 0.3 is 0 Å². The largest absolute Gasteiger partial charge is 0.359 e. The molecule has 0 aromatic heterocycles. The summed E-state index contributed by atoms with van der Waals surface area (Å²) in [5.41, 5.74) is 0. The predicted octanol–water partition coefficient (Wildman–Crippen LogP) is 2.12. The summed E-state index contributed by atoms with van der Waals surface area (Å²) in [6.07, 6.45) is 12.9. The lowest BCUT2D eigenvalue weighted by molar-refractivity contribution is 0.386. The molecule has 2 aliphatic heterocycles. The van der Waals surface area contributed by atoms with Gasteiger partial charge in [0.2, 0.25) is 0 Å². The first-order valence-electron chi connectivity index (χ1n) is 6.18. The SMILES string of the molecule is CCCN1C=CC=NC1.CCN1C=CC=NC1. The van der Waals surface area contributed by atoms with Gasteiger partial charge in [0.15, 0.2) is 0 Å². The second-order valence-electron chi connectivity index (χ2n) is 3.85. The van der Waals surface area contributed by atoms with Gasteiger partial charge < -0.3 is 9.80 Å². The molecule has 2 heterocycles. The number of allylic oxidation sites excluding steroid dienone is 2. The Hall–Kier alpha value is -1.58. The molecular formula is C13H22N4. The fraction of sp³-hybridized carbons (Fsp3) is 0.538. The number of aliphatic imine (C=N–C) groups is 2. The summed E-state index contributed by atoms with van der Waals surface area (Å²) in [5, 5.41) is 0. The molecule has 0 radical (unpaired) electrons. The lowest BCUT2D eigenvalue weighted by Gasteiger charge is -2.17. The number of hydrogen-bond acceptors (Lipinski definition) is 4. The summed E-state index contributed by atoms with van der Waals surface area (Å²) in [5.74, 6) is 0. The molecule has 0 aliphatic carbocycles. The van der Waals surface area contributed by atoms with Crippen LogP contribution in [-0.4, -0.2) is 48.7 Å². The van der Waals surface area contributed by atoms with Crippen LogP contribution in [0.2, 0.25) is 0 Å². The van der Waals surface area contributed by atoms with Gasteiger partial charge in [0.1, 0.15) is 13.3 Å². The van der Waals surface area contributed by atoms with Gasteiger partial charge in [-0.3, -0.25) is 9.98 Å². The van der Waals surface area contributed by atoms with Crippen LogP contribution >= 0.6 is 0 Å². The Labute approximate surface area is 104 Å². The van der Waals surface area contributed by atoms with E-state index in [1.165, 1.54) is 6.42 Å². The van der Waals surface area contributed by atoms with Crippen LogP contribution in [0.5, 0.6) is 0 Å². The van der Waals surface area contributed by atoms with Crippen molar-refractivity contribution in [3.8, 4) is 0 Å². The number of nitrogens with zero attached hydrogens (tertiary/aromatic N) is 4. The van der Waals surface area contributed by atoms with E-state index >= 15 is 0 Å². The summed E-state index contributed by atoms with van der Waals surface area (Å²) in [4.78, 5) is 12.5. The highest BCUT2D eigenvalue weighted by Gasteiger charge is 1.95. The third kappa shape index (κ3) is 5.90. The standard InChI is InChI=1S/C7H12N2.C6H10N2/c1-2-5-9-6-3-4-8-7-9;1-2-8-5-3-4-7-6-8/h3-4,6H,2,5,7H2,1H3;3-5H,2,6H2,1H3. The number of hydrogen-bond donors (Lipinski definition) is 0. The molecule has 94 valence electrons. The minimum atomic E-state index is 0.826. The van der Waals surface area contributed by atoms with Gasteiger partial charge in [0, 0.05) is 37.9 Å². The molecule has 0 spiro atoms. The van der Waals surface area contributed by atoms with Gasteiger partial charge in [-0.1, -0.05) is 6.92 Å². The lowest BCUT2D eigenvalue weighted by atomic mass is 10.4. The van der Waals surface area contributed by atoms with Crippen molar-refractivity contribution in [1.82, 2.24) is 9.80 Å². The Kier molecular flexibility index (Phi) is 6.79. The summed E-state index contributed by atoms with van der Waals surface area (Å²) >= 11 is 0. The van der Waals surface area contributed by atoms with E-state index in [-0.39, 0.29) is 0 Å². The van der Waals surface area contributed by atoms with E-state index in [0.29, 0.717) is 0 Å². The monoisotopic (exact) mass is 234 g/mol. The minimum absolute atomic E-state index is 0.826. The molecule has 0 fully saturated rings.